The lowest BCUT2D eigenvalue weighted by molar-refractivity contribution is -0.119. The first-order valence-electron chi connectivity index (χ1n) is 6.69. The number of hydrogen-bond donors (Lipinski definition) is 3. The molecule has 0 saturated heterocycles. The van der Waals surface area contributed by atoms with Gasteiger partial charge < -0.3 is 15.6 Å². The summed E-state index contributed by atoms with van der Waals surface area (Å²) in [5.74, 6) is -0.497. The molecule has 0 bridgehead atoms. The molecular formula is C16H15N3O4. The van der Waals surface area contributed by atoms with Gasteiger partial charge in [-0.15, -0.1) is 0 Å². The fourth-order valence-corrected chi connectivity index (χ4v) is 1.68. The van der Waals surface area contributed by atoms with Crippen LogP contribution >= 0.6 is 0 Å². The van der Waals surface area contributed by atoms with Crippen LogP contribution in [0.15, 0.2) is 53.6 Å². The average molecular weight is 313 g/mol. The number of nitrogens with two attached hydrogens (primary N) is 1. The molecule has 23 heavy (non-hydrogen) atoms. The van der Waals surface area contributed by atoms with Gasteiger partial charge in [0.15, 0.2) is 6.61 Å². The van der Waals surface area contributed by atoms with Crippen molar-refractivity contribution in [2.45, 2.75) is 0 Å². The highest BCUT2D eigenvalue weighted by atomic mass is 16.5. The number of primary amides is 1. The number of nitrogens with zero attached hydrogens (tertiary/aromatic N) is 1. The molecule has 0 aliphatic heterocycles. The number of hydrazone groups is 1. The summed E-state index contributed by atoms with van der Waals surface area (Å²) < 4.78 is 5.09. The monoisotopic (exact) mass is 313 g/mol. The molecule has 2 amide bonds. The van der Waals surface area contributed by atoms with Gasteiger partial charge in [-0.3, -0.25) is 9.59 Å². The highest BCUT2D eigenvalue weighted by Crippen LogP contribution is 2.13. The minimum absolute atomic E-state index is 0.0708. The summed E-state index contributed by atoms with van der Waals surface area (Å²) >= 11 is 0. The molecule has 0 unspecified atom stereocenters. The molecule has 2 aromatic carbocycles. The van der Waals surface area contributed by atoms with Gasteiger partial charge >= 0.3 is 0 Å². The summed E-state index contributed by atoms with van der Waals surface area (Å²) in [7, 11) is 0. The second-order valence-corrected chi connectivity index (χ2v) is 4.54. The Morgan fingerprint density at radius 3 is 2.52 bits per heavy atom. The van der Waals surface area contributed by atoms with Crippen LogP contribution in [0.3, 0.4) is 0 Å². The molecule has 0 aromatic heterocycles. The van der Waals surface area contributed by atoms with Crippen molar-refractivity contribution < 1.29 is 19.4 Å². The normalized spacial score (nSPS) is 10.4. The Kier molecular flexibility index (Phi) is 5.30. The van der Waals surface area contributed by atoms with Crippen molar-refractivity contribution in [1.82, 2.24) is 5.43 Å². The van der Waals surface area contributed by atoms with Gasteiger partial charge in [-0.1, -0.05) is 12.1 Å². The van der Waals surface area contributed by atoms with Crippen LogP contribution in [0.5, 0.6) is 11.5 Å². The smallest absolute Gasteiger partial charge is 0.271 e. The van der Waals surface area contributed by atoms with E-state index in [4.69, 9.17) is 10.5 Å². The second kappa shape index (κ2) is 7.60. The second-order valence-electron chi connectivity index (χ2n) is 4.54. The Bertz CT molecular complexity index is 726. The molecule has 0 aliphatic carbocycles. The van der Waals surface area contributed by atoms with Crippen LogP contribution in [-0.4, -0.2) is 29.7 Å². The van der Waals surface area contributed by atoms with Gasteiger partial charge in [0.2, 0.25) is 0 Å². The van der Waals surface area contributed by atoms with Crippen molar-refractivity contribution >= 4 is 18.0 Å². The third-order valence-electron chi connectivity index (χ3n) is 2.80. The zero-order valence-electron chi connectivity index (χ0n) is 12.1. The number of phenolic OH excluding ortho intramolecular Hbond substituents is 1. The molecule has 0 fully saturated rings. The highest BCUT2D eigenvalue weighted by molar-refractivity contribution is 5.95. The maximum Gasteiger partial charge on any atom is 0.271 e. The molecule has 7 nitrogen and oxygen atoms in total. The number of phenols is 1. The van der Waals surface area contributed by atoms with Crippen molar-refractivity contribution in [3.05, 3.63) is 59.7 Å². The first-order valence-corrected chi connectivity index (χ1v) is 6.69. The van der Waals surface area contributed by atoms with E-state index in [2.05, 4.69) is 10.5 Å². The Morgan fingerprint density at radius 1 is 1.17 bits per heavy atom. The minimum Gasteiger partial charge on any atom is -0.507 e. The van der Waals surface area contributed by atoms with E-state index in [0.717, 1.165) is 0 Å². The Balaban J connectivity index is 1.93. The van der Waals surface area contributed by atoms with E-state index in [9.17, 15) is 14.7 Å². The average Bonchev–Trinajstić information content (AvgIpc) is 2.55. The maximum absolute atomic E-state index is 11.9. The molecule has 0 spiro atoms. The zero-order valence-corrected chi connectivity index (χ0v) is 12.1. The lowest BCUT2D eigenvalue weighted by Gasteiger charge is -2.04. The predicted molar refractivity (Wildman–Crippen MR) is 84.3 cm³/mol. The summed E-state index contributed by atoms with van der Waals surface area (Å²) in [5.41, 5.74) is 8.17. The Hall–Kier alpha value is -3.35. The molecule has 0 heterocycles. The maximum atomic E-state index is 11.9. The molecular weight excluding hydrogens is 298 g/mol. The van der Waals surface area contributed by atoms with Crippen molar-refractivity contribution in [2.75, 3.05) is 6.61 Å². The summed E-state index contributed by atoms with van der Waals surface area (Å²) in [5, 5.41) is 13.3. The molecule has 0 atom stereocenters. The quantitative estimate of drug-likeness (QED) is 0.545. The van der Waals surface area contributed by atoms with Crippen molar-refractivity contribution in [2.24, 2.45) is 10.8 Å². The predicted octanol–water partition coefficient (Wildman–Crippen LogP) is 1.02. The molecule has 0 saturated carbocycles. The number of benzene rings is 2. The number of para-hydroxylation sites is 1. The fourth-order valence-electron chi connectivity index (χ4n) is 1.68. The van der Waals surface area contributed by atoms with Gasteiger partial charge in [-0.2, -0.15) is 5.10 Å². The number of carbonyl (C=O) groups excluding carboxylic acids is 2. The number of nitrogens with one attached hydrogen (secondary N) is 1. The largest absolute Gasteiger partial charge is 0.507 e. The summed E-state index contributed by atoms with van der Waals surface area (Å²) in [6.45, 7) is -0.226. The van der Waals surface area contributed by atoms with Gasteiger partial charge in [0.25, 0.3) is 11.8 Å². The Morgan fingerprint density at radius 2 is 1.87 bits per heavy atom. The van der Waals surface area contributed by atoms with E-state index >= 15 is 0 Å². The summed E-state index contributed by atoms with van der Waals surface area (Å²) in [6, 6.07) is 12.8. The van der Waals surface area contributed by atoms with Crippen molar-refractivity contribution in [3.63, 3.8) is 0 Å². The topological polar surface area (TPSA) is 114 Å². The van der Waals surface area contributed by atoms with Gasteiger partial charge in [0.1, 0.15) is 11.5 Å². The van der Waals surface area contributed by atoms with E-state index < -0.39 is 11.8 Å². The fraction of sp³-hybridized carbons (Fsp3) is 0.0625. The van der Waals surface area contributed by atoms with Crippen molar-refractivity contribution in [3.8, 4) is 11.5 Å². The first kappa shape index (κ1) is 16.0. The van der Waals surface area contributed by atoms with Crippen LogP contribution in [-0.2, 0) is 4.79 Å². The van der Waals surface area contributed by atoms with Crippen molar-refractivity contribution in [1.29, 1.82) is 0 Å². The van der Waals surface area contributed by atoms with Gasteiger partial charge in [-0.25, -0.2) is 5.43 Å². The van der Waals surface area contributed by atoms with E-state index in [0.29, 0.717) is 16.9 Å². The van der Waals surface area contributed by atoms with Gasteiger partial charge in [0, 0.05) is 11.1 Å². The lowest BCUT2D eigenvalue weighted by atomic mass is 10.2. The molecule has 0 aliphatic rings. The highest BCUT2D eigenvalue weighted by Gasteiger charge is 2.05. The number of amides is 2. The number of aromatic hydroxyl groups is 1. The van der Waals surface area contributed by atoms with Crippen LogP contribution < -0.4 is 15.9 Å². The molecule has 2 aromatic rings. The molecule has 118 valence electrons. The van der Waals surface area contributed by atoms with Crippen LogP contribution in [0.1, 0.15) is 15.9 Å². The number of rotatable bonds is 6. The van der Waals surface area contributed by atoms with Crippen LogP contribution in [0, 0.1) is 0 Å². The first-order chi connectivity index (χ1) is 11.1. The van der Waals surface area contributed by atoms with E-state index in [1.54, 1.807) is 30.3 Å². The van der Waals surface area contributed by atoms with Gasteiger partial charge in [0.05, 0.1) is 6.21 Å². The molecule has 0 radical (unpaired) electrons. The number of carbonyl (C=O) groups is 2. The third kappa shape index (κ3) is 4.85. The third-order valence-corrected chi connectivity index (χ3v) is 2.80. The number of ether oxygens (including phenoxy) is 1. The zero-order chi connectivity index (χ0) is 16.7. The molecule has 4 N–H and O–H groups in total. The van der Waals surface area contributed by atoms with Crippen LogP contribution in [0.2, 0.25) is 0 Å². The van der Waals surface area contributed by atoms with E-state index in [-0.39, 0.29) is 12.4 Å². The SMILES string of the molecule is NC(=O)COc1ccc(C(=O)N/N=C/c2ccccc2O)cc1. The molecule has 7 heteroatoms. The van der Waals surface area contributed by atoms with E-state index in [1.807, 2.05) is 0 Å². The standard InChI is InChI=1S/C16H15N3O4/c17-15(21)10-23-13-7-5-11(6-8-13)16(22)19-18-9-12-3-1-2-4-14(12)20/h1-9,20H,10H2,(H2,17,21)(H,19,22)/b18-9+. The lowest BCUT2D eigenvalue weighted by Crippen LogP contribution is -2.20. The van der Waals surface area contributed by atoms with Gasteiger partial charge in [-0.05, 0) is 36.4 Å². The minimum atomic E-state index is -0.578. The molecule has 2 rings (SSSR count). The Labute approximate surface area is 132 Å². The summed E-state index contributed by atoms with van der Waals surface area (Å²) in [4.78, 5) is 22.5. The van der Waals surface area contributed by atoms with Crippen LogP contribution in [0.25, 0.3) is 0 Å². The summed E-state index contributed by atoms with van der Waals surface area (Å²) in [6.07, 6.45) is 1.34. The van der Waals surface area contributed by atoms with E-state index in [1.165, 1.54) is 24.4 Å². The number of hydrogen-bond acceptors (Lipinski definition) is 5. The van der Waals surface area contributed by atoms with Crippen LogP contribution in [0.4, 0.5) is 0 Å².